The van der Waals surface area contributed by atoms with Gasteiger partial charge in [-0.05, 0) is 12.1 Å². The molecule has 1 fully saturated rings. The molecule has 0 aliphatic carbocycles. The van der Waals surface area contributed by atoms with Gasteiger partial charge >= 0.3 is 0 Å². The number of nitrogens with one attached hydrogen (secondary N) is 1. The highest BCUT2D eigenvalue weighted by molar-refractivity contribution is 5.92. The largest absolute Gasteiger partial charge is 0.369 e. The number of rotatable bonds is 4. The van der Waals surface area contributed by atoms with Crippen molar-refractivity contribution >= 4 is 5.91 Å². The number of hydrogen-bond acceptors (Lipinski definition) is 5. The first-order valence-corrected chi connectivity index (χ1v) is 7.86. The number of nitrogens with two attached hydrogens (primary N) is 1. The van der Waals surface area contributed by atoms with E-state index in [1.165, 1.54) is 10.9 Å². The smallest absolute Gasteiger partial charge is 0.270 e. The van der Waals surface area contributed by atoms with Crippen LogP contribution >= 0.6 is 0 Å². The first kappa shape index (κ1) is 16.5. The zero-order valence-electron chi connectivity index (χ0n) is 13.6. The van der Waals surface area contributed by atoms with Gasteiger partial charge in [-0.15, -0.1) is 0 Å². The Morgan fingerprint density at radius 2 is 2.29 bits per heavy atom. The number of primary amides is 1. The molecule has 2 aromatic rings. The van der Waals surface area contributed by atoms with Crippen LogP contribution in [0.5, 0.6) is 0 Å². The molecule has 8 heteroatoms. The summed E-state index contributed by atoms with van der Waals surface area (Å²) in [7, 11) is 0. The maximum Gasteiger partial charge on any atom is 0.270 e. The summed E-state index contributed by atoms with van der Waals surface area (Å²) in [6, 6.07) is 3.51. The summed E-state index contributed by atoms with van der Waals surface area (Å²) in [6.45, 7) is 5.74. The number of carbonyl (C=O) groups excluding carboxylic acids is 1. The van der Waals surface area contributed by atoms with Crippen LogP contribution < -0.4 is 11.1 Å². The molecule has 1 aliphatic rings. The van der Waals surface area contributed by atoms with Crippen molar-refractivity contribution < 1.29 is 13.9 Å². The Bertz CT molecular complexity index is 736. The summed E-state index contributed by atoms with van der Waals surface area (Å²) in [6.07, 6.45) is 1.42. The summed E-state index contributed by atoms with van der Waals surface area (Å²) in [4.78, 5) is 16.0. The number of morpholine rings is 1. The van der Waals surface area contributed by atoms with Crippen molar-refractivity contribution in [3.8, 4) is 5.69 Å². The molecule has 0 aromatic carbocycles. The second-order valence-electron chi connectivity index (χ2n) is 5.98. The van der Waals surface area contributed by atoms with Crippen LogP contribution in [-0.4, -0.2) is 40.4 Å². The molecule has 3 N–H and O–H groups in total. The SMILES string of the molecule is CC(C)c1nn(-c2ccc([C@H]3CNCCO3)nc2)c(C(N)=O)c1F. The summed E-state index contributed by atoms with van der Waals surface area (Å²) >= 11 is 0. The second kappa shape index (κ2) is 6.66. The fourth-order valence-corrected chi connectivity index (χ4v) is 2.65. The third-order valence-corrected chi connectivity index (χ3v) is 3.91. The van der Waals surface area contributed by atoms with Crippen molar-refractivity contribution in [2.75, 3.05) is 19.7 Å². The van der Waals surface area contributed by atoms with Gasteiger partial charge in [0.15, 0.2) is 11.5 Å². The quantitative estimate of drug-likeness (QED) is 0.879. The number of pyridine rings is 1. The Morgan fingerprint density at radius 1 is 1.50 bits per heavy atom. The summed E-state index contributed by atoms with van der Waals surface area (Å²) in [5.41, 5.74) is 6.51. The van der Waals surface area contributed by atoms with E-state index in [-0.39, 0.29) is 23.4 Å². The van der Waals surface area contributed by atoms with Crippen LogP contribution in [0.25, 0.3) is 5.69 Å². The molecule has 7 nitrogen and oxygen atoms in total. The Hall–Kier alpha value is -2.32. The molecule has 1 aliphatic heterocycles. The molecule has 128 valence electrons. The fourth-order valence-electron chi connectivity index (χ4n) is 2.65. The van der Waals surface area contributed by atoms with Gasteiger partial charge < -0.3 is 15.8 Å². The van der Waals surface area contributed by atoms with Crippen LogP contribution in [0.15, 0.2) is 18.3 Å². The lowest BCUT2D eigenvalue weighted by molar-refractivity contribution is 0.0250. The Kier molecular flexibility index (Phi) is 4.59. The number of ether oxygens (including phenoxy) is 1. The van der Waals surface area contributed by atoms with E-state index in [4.69, 9.17) is 10.5 Å². The minimum Gasteiger partial charge on any atom is -0.369 e. The van der Waals surface area contributed by atoms with E-state index in [1.807, 2.05) is 0 Å². The van der Waals surface area contributed by atoms with Gasteiger partial charge in [0, 0.05) is 19.0 Å². The number of aromatic nitrogens is 3. The van der Waals surface area contributed by atoms with Gasteiger partial charge in [-0.2, -0.15) is 5.10 Å². The van der Waals surface area contributed by atoms with Crippen molar-refractivity contribution in [2.24, 2.45) is 5.73 Å². The molecule has 3 rings (SSSR count). The topological polar surface area (TPSA) is 95.1 Å². The second-order valence-corrected chi connectivity index (χ2v) is 5.98. The van der Waals surface area contributed by atoms with Crippen LogP contribution in [-0.2, 0) is 4.74 Å². The molecular formula is C16H20FN5O2. The van der Waals surface area contributed by atoms with Gasteiger partial charge in [-0.25, -0.2) is 9.07 Å². The van der Waals surface area contributed by atoms with Crippen LogP contribution in [0.3, 0.4) is 0 Å². The lowest BCUT2D eigenvalue weighted by Crippen LogP contribution is -2.33. The van der Waals surface area contributed by atoms with Crippen molar-refractivity contribution in [3.63, 3.8) is 0 Å². The minimum atomic E-state index is -0.865. The average Bonchev–Trinajstić information content (AvgIpc) is 2.93. The maximum atomic E-state index is 14.4. The lowest BCUT2D eigenvalue weighted by Gasteiger charge is -2.23. The third-order valence-electron chi connectivity index (χ3n) is 3.91. The number of nitrogens with zero attached hydrogens (tertiary/aromatic N) is 3. The summed E-state index contributed by atoms with van der Waals surface area (Å²) < 4.78 is 21.3. The predicted molar refractivity (Wildman–Crippen MR) is 85.5 cm³/mol. The van der Waals surface area contributed by atoms with E-state index in [0.29, 0.717) is 18.8 Å². The molecule has 3 heterocycles. The lowest BCUT2D eigenvalue weighted by atomic mass is 10.1. The molecule has 24 heavy (non-hydrogen) atoms. The van der Waals surface area contributed by atoms with E-state index in [9.17, 15) is 9.18 Å². The highest BCUT2D eigenvalue weighted by Crippen LogP contribution is 2.24. The van der Waals surface area contributed by atoms with Gasteiger partial charge in [0.05, 0.1) is 24.2 Å². The van der Waals surface area contributed by atoms with Gasteiger partial charge in [0.1, 0.15) is 11.8 Å². The molecular weight excluding hydrogens is 313 g/mol. The highest BCUT2D eigenvalue weighted by atomic mass is 19.1. The number of hydrogen-bond donors (Lipinski definition) is 2. The standard InChI is InChI=1S/C16H20FN5O2/c1-9(2)14-13(17)15(16(18)23)22(21-14)10-3-4-11(20-7-10)12-8-19-5-6-24-12/h3-4,7,9,12,19H,5-6,8H2,1-2H3,(H2,18,23)/t12-/m1/s1. The van der Waals surface area contributed by atoms with Crippen molar-refractivity contribution in [3.05, 3.63) is 41.2 Å². The van der Waals surface area contributed by atoms with Crippen molar-refractivity contribution in [1.29, 1.82) is 0 Å². The normalized spacial score (nSPS) is 18.1. The first-order chi connectivity index (χ1) is 11.5. The minimum absolute atomic E-state index is 0.121. The molecule has 0 radical (unpaired) electrons. The molecule has 0 unspecified atom stereocenters. The van der Waals surface area contributed by atoms with E-state index >= 15 is 0 Å². The summed E-state index contributed by atoms with van der Waals surface area (Å²) in [5.74, 6) is -1.71. The van der Waals surface area contributed by atoms with E-state index < -0.39 is 11.7 Å². The van der Waals surface area contributed by atoms with Crippen molar-refractivity contribution in [1.82, 2.24) is 20.1 Å². The average molecular weight is 333 g/mol. The number of carbonyl (C=O) groups is 1. The molecule has 2 aromatic heterocycles. The van der Waals surface area contributed by atoms with Gasteiger partial charge in [0.2, 0.25) is 0 Å². The Morgan fingerprint density at radius 3 is 2.83 bits per heavy atom. The van der Waals surface area contributed by atoms with Gasteiger partial charge in [0.25, 0.3) is 5.91 Å². The van der Waals surface area contributed by atoms with Crippen LogP contribution in [0, 0.1) is 5.82 Å². The zero-order chi connectivity index (χ0) is 17.3. The molecule has 0 spiro atoms. The van der Waals surface area contributed by atoms with Crippen LogP contribution in [0.1, 0.15) is 47.7 Å². The molecule has 1 atom stereocenters. The first-order valence-electron chi connectivity index (χ1n) is 7.86. The van der Waals surface area contributed by atoms with E-state index in [1.54, 1.807) is 26.0 Å². The molecule has 1 saturated heterocycles. The Labute approximate surface area is 139 Å². The predicted octanol–water partition coefficient (Wildman–Crippen LogP) is 1.29. The zero-order valence-corrected chi connectivity index (χ0v) is 13.6. The van der Waals surface area contributed by atoms with E-state index in [2.05, 4.69) is 15.4 Å². The number of halogens is 1. The molecule has 0 saturated carbocycles. The van der Waals surface area contributed by atoms with Crippen LogP contribution in [0.2, 0.25) is 0 Å². The van der Waals surface area contributed by atoms with E-state index in [0.717, 1.165) is 12.2 Å². The van der Waals surface area contributed by atoms with Gasteiger partial charge in [-0.1, -0.05) is 13.8 Å². The molecule has 0 bridgehead atoms. The summed E-state index contributed by atoms with van der Waals surface area (Å²) in [5, 5.41) is 7.43. The molecule has 1 amide bonds. The van der Waals surface area contributed by atoms with Crippen molar-refractivity contribution in [2.45, 2.75) is 25.9 Å². The third kappa shape index (κ3) is 3.02. The maximum absolute atomic E-state index is 14.4. The fraction of sp³-hybridized carbons (Fsp3) is 0.438. The number of amides is 1. The monoisotopic (exact) mass is 333 g/mol. The Balaban J connectivity index is 1.96. The highest BCUT2D eigenvalue weighted by Gasteiger charge is 2.25. The van der Waals surface area contributed by atoms with Gasteiger partial charge in [-0.3, -0.25) is 9.78 Å². The van der Waals surface area contributed by atoms with Crippen LogP contribution in [0.4, 0.5) is 4.39 Å².